The minimum atomic E-state index is 0.439. The lowest BCUT2D eigenvalue weighted by Crippen LogP contribution is -1.99. The summed E-state index contributed by atoms with van der Waals surface area (Å²) in [6, 6.07) is 13.3. The van der Waals surface area contributed by atoms with Gasteiger partial charge >= 0.3 is 0 Å². The van der Waals surface area contributed by atoms with E-state index in [1.54, 1.807) is 16.5 Å². The van der Waals surface area contributed by atoms with Gasteiger partial charge in [-0.1, -0.05) is 12.1 Å². The molecule has 0 fully saturated rings. The van der Waals surface area contributed by atoms with Crippen molar-refractivity contribution in [2.75, 3.05) is 5.73 Å². The maximum Gasteiger partial charge on any atom is 0.139 e. The molecule has 0 spiro atoms. The number of pyridine rings is 1. The minimum Gasteiger partial charge on any atom is -0.384 e. The predicted octanol–water partition coefficient (Wildman–Crippen LogP) is 1.94. The van der Waals surface area contributed by atoms with Gasteiger partial charge in [0.15, 0.2) is 0 Å². The molecule has 0 aliphatic rings. The summed E-state index contributed by atoms with van der Waals surface area (Å²) < 4.78 is 1.80. The van der Waals surface area contributed by atoms with Gasteiger partial charge in [0.05, 0.1) is 16.6 Å². The van der Waals surface area contributed by atoms with Crippen molar-refractivity contribution >= 4 is 22.5 Å². The summed E-state index contributed by atoms with van der Waals surface area (Å²) in [4.78, 5) is 4.42. The third-order valence-corrected chi connectivity index (χ3v) is 2.62. The van der Waals surface area contributed by atoms with Crippen LogP contribution in [0.1, 0.15) is 5.56 Å². The SMILES string of the molecule is N#Cc1ccc2nc3ccccc3n2c1N. The van der Waals surface area contributed by atoms with Crippen molar-refractivity contribution in [3.63, 3.8) is 0 Å². The third kappa shape index (κ3) is 0.997. The molecule has 4 heteroatoms. The van der Waals surface area contributed by atoms with Gasteiger partial charge in [-0.05, 0) is 24.3 Å². The van der Waals surface area contributed by atoms with Crippen LogP contribution in [-0.4, -0.2) is 9.38 Å². The number of nitrogen functional groups attached to an aromatic ring is 1. The van der Waals surface area contributed by atoms with E-state index in [9.17, 15) is 0 Å². The lowest BCUT2D eigenvalue weighted by atomic mass is 10.2. The van der Waals surface area contributed by atoms with Gasteiger partial charge < -0.3 is 5.73 Å². The van der Waals surface area contributed by atoms with Gasteiger partial charge in [0.2, 0.25) is 0 Å². The summed E-state index contributed by atoms with van der Waals surface area (Å²) in [6.45, 7) is 0. The number of benzene rings is 1. The van der Waals surface area contributed by atoms with Crippen molar-refractivity contribution < 1.29 is 0 Å². The van der Waals surface area contributed by atoms with Crippen LogP contribution in [0.4, 0.5) is 5.82 Å². The van der Waals surface area contributed by atoms with Crippen LogP contribution in [0.5, 0.6) is 0 Å². The summed E-state index contributed by atoms with van der Waals surface area (Å²) in [5.74, 6) is 0.439. The molecule has 0 aliphatic carbocycles. The molecule has 0 radical (unpaired) electrons. The second-order valence-electron chi connectivity index (χ2n) is 3.54. The normalized spacial score (nSPS) is 10.7. The number of imidazole rings is 1. The zero-order valence-electron chi connectivity index (χ0n) is 8.38. The fraction of sp³-hybridized carbons (Fsp3) is 0. The summed E-state index contributed by atoms with van der Waals surface area (Å²) in [6.07, 6.45) is 0. The first kappa shape index (κ1) is 8.74. The number of fused-ring (bicyclic) bond motifs is 3. The van der Waals surface area contributed by atoms with Gasteiger partial charge in [-0.25, -0.2) is 4.98 Å². The van der Waals surface area contributed by atoms with E-state index < -0.39 is 0 Å². The van der Waals surface area contributed by atoms with Crippen molar-refractivity contribution in [3.05, 3.63) is 42.0 Å². The first-order chi connectivity index (χ1) is 7.81. The number of hydrogen-bond donors (Lipinski definition) is 1. The summed E-state index contributed by atoms with van der Waals surface area (Å²) in [5, 5.41) is 8.92. The Morgan fingerprint density at radius 1 is 1.19 bits per heavy atom. The molecule has 0 bridgehead atoms. The summed E-state index contributed by atoms with van der Waals surface area (Å²) >= 11 is 0. The number of anilines is 1. The Balaban J connectivity index is 2.59. The highest BCUT2D eigenvalue weighted by Gasteiger charge is 2.08. The number of rotatable bonds is 0. The lowest BCUT2D eigenvalue weighted by molar-refractivity contribution is 1.22. The van der Waals surface area contributed by atoms with Crippen LogP contribution < -0.4 is 5.73 Å². The van der Waals surface area contributed by atoms with Crippen LogP contribution in [0.2, 0.25) is 0 Å². The molecule has 0 atom stereocenters. The standard InChI is InChI=1S/C12H8N4/c13-7-8-5-6-11-15-9-3-1-2-4-10(9)16(11)12(8)14/h1-6H,14H2. The van der Waals surface area contributed by atoms with E-state index in [-0.39, 0.29) is 0 Å². The highest BCUT2D eigenvalue weighted by molar-refractivity contribution is 5.83. The molecular weight excluding hydrogens is 200 g/mol. The summed E-state index contributed by atoms with van der Waals surface area (Å²) in [7, 11) is 0. The molecule has 0 saturated heterocycles. The number of nitrogens with zero attached hydrogens (tertiary/aromatic N) is 3. The maximum atomic E-state index is 8.92. The number of aromatic nitrogens is 2. The summed E-state index contributed by atoms with van der Waals surface area (Å²) in [5.41, 5.74) is 8.97. The fourth-order valence-corrected chi connectivity index (χ4v) is 1.87. The quantitative estimate of drug-likeness (QED) is 0.613. The molecule has 2 N–H and O–H groups in total. The Morgan fingerprint density at radius 3 is 2.81 bits per heavy atom. The van der Waals surface area contributed by atoms with Crippen LogP contribution in [0, 0.1) is 11.3 Å². The maximum absolute atomic E-state index is 8.92. The average Bonchev–Trinajstić information content (AvgIpc) is 2.68. The van der Waals surface area contributed by atoms with E-state index in [0.29, 0.717) is 11.4 Å². The van der Waals surface area contributed by atoms with Crippen LogP contribution in [0.3, 0.4) is 0 Å². The van der Waals surface area contributed by atoms with Gasteiger partial charge in [-0.2, -0.15) is 5.26 Å². The molecular formula is C12H8N4. The Hall–Kier alpha value is -2.54. The molecule has 2 heterocycles. The van der Waals surface area contributed by atoms with E-state index in [4.69, 9.17) is 11.0 Å². The van der Waals surface area contributed by atoms with Crippen molar-refractivity contribution in [1.29, 1.82) is 5.26 Å². The van der Waals surface area contributed by atoms with Gasteiger partial charge in [0.1, 0.15) is 17.5 Å². The van der Waals surface area contributed by atoms with Crippen LogP contribution in [-0.2, 0) is 0 Å². The molecule has 0 aliphatic heterocycles. The van der Waals surface area contributed by atoms with Crippen molar-refractivity contribution in [3.8, 4) is 6.07 Å². The Kier molecular flexibility index (Phi) is 1.62. The molecule has 0 amide bonds. The Morgan fingerprint density at radius 2 is 2.00 bits per heavy atom. The molecule has 0 saturated carbocycles. The second kappa shape index (κ2) is 2.97. The molecule has 2 aromatic heterocycles. The van der Waals surface area contributed by atoms with E-state index >= 15 is 0 Å². The largest absolute Gasteiger partial charge is 0.384 e. The van der Waals surface area contributed by atoms with Crippen LogP contribution >= 0.6 is 0 Å². The average molecular weight is 208 g/mol. The van der Waals surface area contributed by atoms with E-state index in [1.807, 2.05) is 24.3 Å². The lowest BCUT2D eigenvalue weighted by Gasteiger charge is -2.02. The Labute approximate surface area is 91.5 Å². The monoisotopic (exact) mass is 208 g/mol. The molecule has 3 rings (SSSR count). The first-order valence-corrected chi connectivity index (χ1v) is 4.87. The molecule has 4 nitrogen and oxygen atoms in total. The van der Waals surface area contributed by atoms with Gasteiger partial charge in [0.25, 0.3) is 0 Å². The number of nitrogens with two attached hydrogens (primary N) is 1. The van der Waals surface area contributed by atoms with Crippen molar-refractivity contribution in [2.24, 2.45) is 0 Å². The third-order valence-electron chi connectivity index (χ3n) is 2.62. The number of para-hydroxylation sites is 2. The number of nitriles is 1. The zero-order chi connectivity index (χ0) is 11.1. The van der Waals surface area contributed by atoms with Crippen molar-refractivity contribution in [2.45, 2.75) is 0 Å². The molecule has 76 valence electrons. The molecule has 16 heavy (non-hydrogen) atoms. The second-order valence-corrected chi connectivity index (χ2v) is 3.54. The molecule has 1 aromatic carbocycles. The topological polar surface area (TPSA) is 67.1 Å². The Bertz CT molecular complexity index is 734. The first-order valence-electron chi connectivity index (χ1n) is 4.87. The van der Waals surface area contributed by atoms with E-state index in [2.05, 4.69) is 11.1 Å². The highest BCUT2D eigenvalue weighted by atomic mass is 15.1. The number of hydrogen-bond acceptors (Lipinski definition) is 3. The minimum absolute atomic E-state index is 0.439. The van der Waals surface area contributed by atoms with E-state index in [1.165, 1.54) is 0 Å². The smallest absolute Gasteiger partial charge is 0.139 e. The highest BCUT2D eigenvalue weighted by Crippen LogP contribution is 2.21. The zero-order valence-corrected chi connectivity index (χ0v) is 8.38. The van der Waals surface area contributed by atoms with Crippen LogP contribution in [0.25, 0.3) is 16.7 Å². The molecule has 0 unspecified atom stereocenters. The predicted molar refractivity (Wildman–Crippen MR) is 61.8 cm³/mol. The van der Waals surface area contributed by atoms with E-state index in [0.717, 1.165) is 16.7 Å². The van der Waals surface area contributed by atoms with Gasteiger partial charge in [-0.15, -0.1) is 0 Å². The fourth-order valence-electron chi connectivity index (χ4n) is 1.87. The van der Waals surface area contributed by atoms with Crippen LogP contribution in [0.15, 0.2) is 36.4 Å². The van der Waals surface area contributed by atoms with Gasteiger partial charge in [-0.3, -0.25) is 4.40 Å². The van der Waals surface area contributed by atoms with Gasteiger partial charge in [0, 0.05) is 0 Å². The van der Waals surface area contributed by atoms with Crippen molar-refractivity contribution in [1.82, 2.24) is 9.38 Å². The molecule has 3 aromatic rings.